The van der Waals surface area contributed by atoms with E-state index in [9.17, 15) is 39.6 Å². The van der Waals surface area contributed by atoms with Gasteiger partial charge in [-0.3, -0.25) is 4.79 Å². The number of esters is 1. The summed E-state index contributed by atoms with van der Waals surface area (Å²) in [6, 6.07) is 4.48. The van der Waals surface area contributed by atoms with E-state index in [1.165, 1.54) is 6.92 Å². The maximum Gasteiger partial charge on any atom is 0.420 e. The van der Waals surface area contributed by atoms with Gasteiger partial charge in [-0.15, -0.1) is 0 Å². The molecule has 1 atom stereocenters. The quantitative estimate of drug-likeness (QED) is 0.217. The molecule has 2 aromatic carbocycles. The molecule has 1 saturated carbocycles. The molecule has 0 amide bonds. The van der Waals surface area contributed by atoms with E-state index in [-0.39, 0.29) is 25.1 Å². The molecule has 2 aliphatic rings. The fraction of sp³-hybridized carbons (Fsp3) is 0.519. The molecule has 15 heteroatoms. The van der Waals surface area contributed by atoms with E-state index < -0.39 is 98.2 Å². The van der Waals surface area contributed by atoms with Crippen molar-refractivity contribution in [3.63, 3.8) is 0 Å². The van der Waals surface area contributed by atoms with Crippen LogP contribution in [-0.2, 0) is 25.5 Å². The number of nitrogens with zero attached hydrogens (tertiary/aromatic N) is 1. The van der Waals surface area contributed by atoms with Crippen LogP contribution in [0.25, 0.3) is 0 Å². The third kappa shape index (κ3) is 6.16. The maximum atomic E-state index is 15.7. The fourth-order valence-corrected chi connectivity index (χ4v) is 6.35. The lowest BCUT2D eigenvalue weighted by Crippen LogP contribution is -2.40. The predicted molar refractivity (Wildman–Crippen MR) is 134 cm³/mol. The van der Waals surface area contributed by atoms with E-state index in [1.54, 1.807) is 0 Å². The number of carbonyl (C=O) groups is 1. The van der Waals surface area contributed by atoms with Crippen LogP contribution in [0.2, 0.25) is 0 Å². The van der Waals surface area contributed by atoms with Crippen LogP contribution >= 0.6 is 0 Å². The molecular weight excluding hydrogens is 602 g/mol. The van der Waals surface area contributed by atoms with Gasteiger partial charge in [0.1, 0.15) is 28.5 Å². The molecule has 1 aliphatic carbocycles. The molecule has 1 heterocycles. The summed E-state index contributed by atoms with van der Waals surface area (Å²) in [7, 11) is -5.80. The van der Waals surface area contributed by atoms with E-state index >= 15 is 8.78 Å². The van der Waals surface area contributed by atoms with Crippen LogP contribution < -0.4 is 9.64 Å². The summed E-state index contributed by atoms with van der Waals surface area (Å²) < 4.78 is 152. The van der Waals surface area contributed by atoms with Crippen LogP contribution in [0.1, 0.15) is 45.1 Å². The smallest absolute Gasteiger partial charge is 0.420 e. The van der Waals surface area contributed by atoms with Crippen molar-refractivity contribution in [2.75, 3.05) is 24.7 Å². The van der Waals surface area contributed by atoms with Crippen molar-refractivity contribution in [2.45, 2.75) is 61.8 Å². The van der Waals surface area contributed by atoms with E-state index in [0.717, 1.165) is 29.2 Å². The Morgan fingerprint density at radius 1 is 1.07 bits per heavy atom. The van der Waals surface area contributed by atoms with Gasteiger partial charge < -0.3 is 14.4 Å². The van der Waals surface area contributed by atoms with Gasteiger partial charge in [-0.1, -0.05) is 0 Å². The van der Waals surface area contributed by atoms with Crippen molar-refractivity contribution in [1.29, 1.82) is 0 Å². The Morgan fingerprint density at radius 2 is 1.69 bits per heavy atom. The molecule has 232 valence electrons. The lowest BCUT2D eigenvalue weighted by molar-refractivity contribution is -0.151. The molecule has 42 heavy (non-hydrogen) atoms. The third-order valence-electron chi connectivity index (χ3n) is 7.32. The van der Waals surface area contributed by atoms with Gasteiger partial charge in [0.15, 0.2) is 0 Å². The summed E-state index contributed by atoms with van der Waals surface area (Å²) in [5, 5.41) is -4.69. The average molecular weight is 630 g/mol. The van der Waals surface area contributed by atoms with Crippen LogP contribution in [0.5, 0.6) is 5.75 Å². The fourth-order valence-electron chi connectivity index (χ4n) is 4.72. The number of ether oxygens (including phenoxy) is 2. The van der Waals surface area contributed by atoms with Gasteiger partial charge in [0.05, 0.1) is 23.8 Å². The number of carbonyl (C=O) groups excluding carboxylic acids is 1. The van der Waals surface area contributed by atoms with Crippen molar-refractivity contribution >= 4 is 27.2 Å². The van der Waals surface area contributed by atoms with E-state index in [1.807, 2.05) is 0 Å². The number of hydrogen-bond donors (Lipinski definition) is 0. The first kappa shape index (κ1) is 31.8. The zero-order valence-corrected chi connectivity index (χ0v) is 23.2. The first-order valence-electron chi connectivity index (χ1n) is 12.9. The van der Waals surface area contributed by atoms with Gasteiger partial charge >= 0.3 is 17.4 Å². The lowest BCUT2D eigenvalue weighted by Gasteiger charge is -2.30. The second-order valence-electron chi connectivity index (χ2n) is 10.6. The number of halogens is 8. The summed E-state index contributed by atoms with van der Waals surface area (Å²) in [6.07, 6.45) is -6.87. The largest absolute Gasteiger partial charge is 0.492 e. The predicted octanol–water partition coefficient (Wildman–Crippen LogP) is 7.14. The summed E-state index contributed by atoms with van der Waals surface area (Å²) in [5.41, 5.74) is -3.77. The minimum atomic E-state index is -5.80. The summed E-state index contributed by atoms with van der Waals surface area (Å²) in [6.45, 7) is 0.357. The number of rotatable bonds is 9. The Hall–Kier alpha value is -3.10. The minimum absolute atomic E-state index is 0.00902. The number of hydrogen-bond acceptors (Lipinski definition) is 6. The molecule has 0 aromatic heterocycles. The molecule has 4 rings (SSSR count). The lowest BCUT2D eigenvalue weighted by atomic mass is 9.99. The number of anilines is 2. The molecule has 0 spiro atoms. The molecule has 6 nitrogen and oxygen atoms in total. The van der Waals surface area contributed by atoms with Crippen molar-refractivity contribution in [1.82, 2.24) is 0 Å². The van der Waals surface area contributed by atoms with Gasteiger partial charge in [-0.05, 0) is 63.4 Å². The average Bonchev–Trinajstić information content (AvgIpc) is 3.68. The van der Waals surface area contributed by atoms with Gasteiger partial charge in [-0.2, -0.15) is 22.0 Å². The molecule has 0 N–H and O–H groups in total. The zero-order chi connectivity index (χ0) is 31.3. The normalized spacial score (nSPS) is 20.8. The van der Waals surface area contributed by atoms with Gasteiger partial charge in [0, 0.05) is 24.7 Å². The van der Waals surface area contributed by atoms with Crippen LogP contribution in [0.3, 0.4) is 0 Å². The molecule has 0 bridgehead atoms. The van der Waals surface area contributed by atoms with Crippen LogP contribution in [0, 0.1) is 17.2 Å². The Labute approximate surface area is 236 Å². The number of fused-ring (bicyclic) bond motifs is 1. The first-order valence-corrected chi connectivity index (χ1v) is 14.4. The maximum absolute atomic E-state index is 15.7. The molecule has 1 aliphatic heterocycles. The number of sulfone groups is 1. The zero-order valence-electron chi connectivity index (χ0n) is 22.4. The summed E-state index contributed by atoms with van der Waals surface area (Å²) in [5.74, 6) is -8.35. The third-order valence-corrected chi connectivity index (χ3v) is 9.28. The standard InChI is InChI=1S/C27H27F8NO5S/c1-3-40-23(37)25(10-11-25)15-41-21-13-22-20(12-19(21)26(31,32)33)36(18-6-4-17(28)5-7-18)14-16(8-9-24(2,29)30)27(34,35)42(22,38)39/h4-7,12-13,16H,3,8-11,14-15H2,1-2H3/t16-/m1/s1. The highest BCUT2D eigenvalue weighted by molar-refractivity contribution is 7.92. The minimum Gasteiger partial charge on any atom is -0.492 e. The van der Waals surface area contributed by atoms with Gasteiger partial charge in [0.2, 0.25) is 15.8 Å². The molecular formula is C27H27F8NO5S. The molecule has 1 fully saturated rings. The second kappa shape index (κ2) is 10.9. The monoisotopic (exact) mass is 629 g/mol. The van der Waals surface area contributed by atoms with Crippen molar-refractivity contribution in [3.05, 3.63) is 47.8 Å². The Morgan fingerprint density at radius 3 is 2.21 bits per heavy atom. The highest BCUT2D eigenvalue weighted by Crippen LogP contribution is 2.52. The van der Waals surface area contributed by atoms with Crippen LogP contribution in [-0.4, -0.2) is 45.3 Å². The van der Waals surface area contributed by atoms with Crippen LogP contribution in [0.4, 0.5) is 46.5 Å². The summed E-state index contributed by atoms with van der Waals surface area (Å²) >= 11 is 0. The van der Waals surface area contributed by atoms with E-state index in [2.05, 4.69) is 0 Å². The molecule has 0 unspecified atom stereocenters. The van der Waals surface area contributed by atoms with E-state index in [0.29, 0.717) is 19.1 Å². The van der Waals surface area contributed by atoms with Gasteiger partial charge in [-0.25, -0.2) is 21.6 Å². The number of benzene rings is 2. The molecule has 0 radical (unpaired) electrons. The Kier molecular flexibility index (Phi) is 8.24. The Balaban J connectivity index is 1.89. The molecule has 0 saturated heterocycles. The summed E-state index contributed by atoms with van der Waals surface area (Å²) in [4.78, 5) is 11.8. The second-order valence-corrected chi connectivity index (χ2v) is 12.6. The van der Waals surface area contributed by atoms with E-state index in [4.69, 9.17) is 9.47 Å². The Bertz CT molecular complexity index is 1430. The highest BCUT2D eigenvalue weighted by Gasteiger charge is 2.57. The van der Waals surface area contributed by atoms with Crippen molar-refractivity contribution in [2.24, 2.45) is 11.3 Å². The van der Waals surface area contributed by atoms with Crippen molar-refractivity contribution < 1.29 is 57.8 Å². The van der Waals surface area contributed by atoms with Crippen molar-refractivity contribution in [3.8, 4) is 5.75 Å². The highest BCUT2D eigenvalue weighted by atomic mass is 32.2. The topological polar surface area (TPSA) is 72.9 Å². The number of alkyl halides is 7. The van der Waals surface area contributed by atoms with Crippen LogP contribution in [0.15, 0.2) is 41.3 Å². The first-order chi connectivity index (χ1) is 19.3. The molecule has 2 aromatic rings. The van der Waals surface area contributed by atoms with Gasteiger partial charge in [0.25, 0.3) is 0 Å². The SMILES string of the molecule is CCOC(=O)C1(COc2cc3c(cc2C(F)(F)F)N(c2ccc(F)cc2)C[C@@H](CCC(C)(F)F)C(F)(F)S3(=O)=O)CC1.